The molecular formula is C21H37ClN2O4Si. The lowest BCUT2D eigenvalue weighted by Crippen LogP contribution is -2.50. The molecule has 2 atom stereocenters. The zero-order chi connectivity index (χ0) is 21.4. The van der Waals surface area contributed by atoms with Crippen molar-refractivity contribution >= 4 is 32.5 Å². The first kappa shape index (κ1) is 27.4. The van der Waals surface area contributed by atoms with Gasteiger partial charge in [0.15, 0.2) is 0 Å². The third-order valence-corrected chi connectivity index (χ3v) is 5.84. The molecule has 1 aromatic rings. The van der Waals surface area contributed by atoms with Crippen LogP contribution in [0.3, 0.4) is 0 Å². The Morgan fingerprint density at radius 2 is 1.72 bits per heavy atom. The maximum atomic E-state index is 12.3. The summed E-state index contributed by atoms with van der Waals surface area (Å²) in [6.45, 7) is 13.3. The van der Waals surface area contributed by atoms with E-state index in [1.54, 1.807) is 0 Å². The molecule has 166 valence electrons. The third kappa shape index (κ3) is 13.3. The van der Waals surface area contributed by atoms with Crippen LogP contribution >= 0.6 is 12.4 Å². The highest BCUT2D eigenvalue weighted by Gasteiger charge is 2.27. The Kier molecular flexibility index (Phi) is 11.5. The molecule has 0 heterocycles. The van der Waals surface area contributed by atoms with E-state index in [1.165, 1.54) is 0 Å². The molecule has 3 N–H and O–H groups in total. The number of benzene rings is 1. The average Bonchev–Trinajstić information content (AvgIpc) is 2.55. The molecule has 0 saturated heterocycles. The number of aliphatic carboxylic acids is 1. The van der Waals surface area contributed by atoms with Gasteiger partial charge in [-0.15, -0.1) is 12.4 Å². The van der Waals surface area contributed by atoms with Crippen molar-refractivity contribution in [3.8, 4) is 0 Å². The molecule has 1 aromatic carbocycles. The Balaban J connectivity index is 0.00000784. The minimum atomic E-state index is -1.48. The van der Waals surface area contributed by atoms with Gasteiger partial charge in [0.25, 0.3) is 0 Å². The zero-order valence-corrected chi connectivity index (χ0v) is 20.3. The van der Waals surface area contributed by atoms with Crippen LogP contribution in [-0.4, -0.2) is 43.9 Å². The molecule has 0 aliphatic rings. The van der Waals surface area contributed by atoms with Gasteiger partial charge in [0.1, 0.15) is 12.6 Å². The Hall–Kier alpha value is -1.57. The molecule has 0 radical (unpaired) electrons. The summed E-state index contributed by atoms with van der Waals surface area (Å²) in [5, 5.41) is 15.6. The first-order valence-corrected chi connectivity index (χ1v) is 13.5. The highest BCUT2D eigenvalue weighted by Crippen LogP contribution is 2.21. The van der Waals surface area contributed by atoms with E-state index in [9.17, 15) is 14.7 Å². The highest BCUT2D eigenvalue weighted by molar-refractivity contribution is 6.76. The second kappa shape index (κ2) is 12.2. The summed E-state index contributed by atoms with van der Waals surface area (Å²) in [6.07, 6.45) is 0.0390. The molecule has 0 unspecified atom stereocenters. The van der Waals surface area contributed by atoms with Crippen molar-refractivity contribution in [2.24, 2.45) is 5.41 Å². The van der Waals surface area contributed by atoms with Gasteiger partial charge in [-0.25, -0.2) is 4.79 Å². The largest absolute Gasteiger partial charge is 0.480 e. The summed E-state index contributed by atoms with van der Waals surface area (Å²) in [6, 6.07) is 9.53. The van der Waals surface area contributed by atoms with E-state index in [1.807, 2.05) is 51.1 Å². The maximum absolute atomic E-state index is 12.3. The molecule has 0 bridgehead atoms. The number of carboxylic acid groups (broad SMARTS) is 1. The van der Waals surface area contributed by atoms with Crippen molar-refractivity contribution in [3.05, 3.63) is 35.9 Å². The summed E-state index contributed by atoms with van der Waals surface area (Å²) < 4.78 is 5.33. The number of carbonyl (C=O) groups excluding carboxylic acids is 1. The number of rotatable bonds is 10. The van der Waals surface area contributed by atoms with E-state index < -0.39 is 26.2 Å². The smallest absolute Gasteiger partial charge is 0.407 e. The van der Waals surface area contributed by atoms with Crippen LogP contribution < -0.4 is 10.6 Å². The quantitative estimate of drug-likeness (QED) is 0.462. The van der Waals surface area contributed by atoms with E-state index in [2.05, 4.69) is 30.3 Å². The molecule has 8 heteroatoms. The number of halogens is 1. The summed E-state index contributed by atoms with van der Waals surface area (Å²) in [7, 11) is -1.48. The summed E-state index contributed by atoms with van der Waals surface area (Å²) in [5.74, 6) is -0.867. The normalized spacial score (nSPS) is 13.7. The van der Waals surface area contributed by atoms with Crippen molar-refractivity contribution in [2.75, 3.05) is 6.54 Å². The van der Waals surface area contributed by atoms with E-state index in [0.717, 1.165) is 11.6 Å². The van der Waals surface area contributed by atoms with Gasteiger partial charge in [0.05, 0.1) is 0 Å². The minimum Gasteiger partial charge on any atom is -0.480 e. The number of carboxylic acids is 1. The van der Waals surface area contributed by atoms with Crippen LogP contribution in [0.5, 0.6) is 0 Å². The SMILES string of the molecule is CC(C)(C)C[C@H](NC[C@H](C[Si](C)(C)C)NC(=O)OCc1ccccc1)C(=O)O.Cl. The van der Waals surface area contributed by atoms with E-state index in [4.69, 9.17) is 4.74 Å². The molecule has 0 aliphatic carbocycles. The Bertz CT molecular complexity index is 630. The van der Waals surface area contributed by atoms with Crippen LogP contribution in [0.1, 0.15) is 32.8 Å². The molecule has 6 nitrogen and oxygen atoms in total. The van der Waals surface area contributed by atoms with Crippen LogP contribution in [0, 0.1) is 5.41 Å². The van der Waals surface area contributed by atoms with Gasteiger partial charge in [-0.05, 0) is 23.4 Å². The Labute approximate surface area is 182 Å². The Morgan fingerprint density at radius 3 is 2.21 bits per heavy atom. The van der Waals surface area contributed by atoms with E-state index >= 15 is 0 Å². The molecular weight excluding hydrogens is 408 g/mol. The zero-order valence-electron chi connectivity index (χ0n) is 18.5. The lowest BCUT2D eigenvalue weighted by molar-refractivity contribution is -0.140. The van der Waals surface area contributed by atoms with Gasteiger partial charge >= 0.3 is 12.1 Å². The fourth-order valence-corrected chi connectivity index (χ4v) is 4.71. The van der Waals surface area contributed by atoms with Crippen LogP contribution in [0.4, 0.5) is 4.79 Å². The van der Waals surface area contributed by atoms with Gasteiger partial charge < -0.3 is 20.5 Å². The minimum absolute atomic E-state index is 0. The van der Waals surface area contributed by atoms with Crippen LogP contribution in [0.15, 0.2) is 30.3 Å². The molecule has 0 saturated carbocycles. The Morgan fingerprint density at radius 1 is 1.14 bits per heavy atom. The van der Waals surface area contributed by atoms with Gasteiger partial charge in [0.2, 0.25) is 0 Å². The van der Waals surface area contributed by atoms with Gasteiger partial charge in [-0.1, -0.05) is 70.7 Å². The third-order valence-electron chi connectivity index (χ3n) is 4.12. The summed E-state index contributed by atoms with van der Waals surface area (Å²) in [4.78, 5) is 23.8. The number of hydrogen-bond donors (Lipinski definition) is 3. The molecule has 1 amide bonds. The van der Waals surface area contributed by atoms with Crippen molar-refractivity contribution < 1.29 is 19.4 Å². The lowest BCUT2D eigenvalue weighted by Gasteiger charge is -2.29. The predicted molar refractivity (Wildman–Crippen MR) is 122 cm³/mol. The molecule has 0 spiro atoms. The summed E-state index contributed by atoms with van der Waals surface area (Å²) in [5.41, 5.74) is 0.820. The summed E-state index contributed by atoms with van der Waals surface area (Å²) >= 11 is 0. The van der Waals surface area contributed by atoms with Crippen molar-refractivity contribution in [2.45, 2.75) is 71.6 Å². The van der Waals surface area contributed by atoms with Crippen molar-refractivity contribution in [1.82, 2.24) is 10.6 Å². The predicted octanol–water partition coefficient (Wildman–Crippen LogP) is 4.52. The topological polar surface area (TPSA) is 87.7 Å². The number of carbonyl (C=O) groups is 2. The standard InChI is InChI=1S/C21H36N2O4Si.ClH/c1-21(2,3)12-18(19(24)25)22-13-17(15-28(4,5)6)23-20(26)27-14-16-10-8-7-9-11-16;/h7-11,17-18,22H,12-15H2,1-6H3,(H,23,26)(H,24,25);1H/t17-,18+;/m1./s1. The van der Waals surface area contributed by atoms with Crippen molar-refractivity contribution in [3.63, 3.8) is 0 Å². The van der Waals surface area contributed by atoms with Crippen molar-refractivity contribution in [1.29, 1.82) is 0 Å². The number of amides is 1. The van der Waals surface area contributed by atoms with Gasteiger partial charge in [-0.2, -0.15) is 0 Å². The van der Waals surface area contributed by atoms with Gasteiger partial charge in [-0.3, -0.25) is 4.79 Å². The average molecular weight is 445 g/mol. The second-order valence-corrected chi connectivity index (χ2v) is 15.3. The first-order chi connectivity index (χ1) is 12.9. The number of nitrogens with one attached hydrogen (secondary N) is 2. The molecule has 0 aliphatic heterocycles. The number of ether oxygens (including phenoxy) is 1. The highest BCUT2D eigenvalue weighted by atomic mass is 35.5. The maximum Gasteiger partial charge on any atom is 0.407 e. The first-order valence-electron chi connectivity index (χ1n) is 9.79. The monoisotopic (exact) mass is 444 g/mol. The van der Waals surface area contributed by atoms with Crippen LogP contribution in [-0.2, 0) is 16.1 Å². The second-order valence-electron chi connectivity index (χ2n) is 9.73. The van der Waals surface area contributed by atoms with Crippen LogP contribution in [0.25, 0.3) is 0 Å². The molecule has 1 rings (SSSR count). The van der Waals surface area contributed by atoms with E-state index in [0.29, 0.717) is 13.0 Å². The fraction of sp³-hybridized carbons (Fsp3) is 0.619. The van der Waals surface area contributed by atoms with Crippen LogP contribution in [0.2, 0.25) is 25.7 Å². The number of alkyl carbamates (subject to hydrolysis) is 1. The fourth-order valence-electron chi connectivity index (χ4n) is 2.99. The lowest BCUT2D eigenvalue weighted by atomic mass is 9.88. The van der Waals surface area contributed by atoms with Gasteiger partial charge in [0, 0.05) is 20.7 Å². The molecule has 0 fully saturated rings. The van der Waals surface area contributed by atoms with E-state index in [-0.39, 0.29) is 30.5 Å². The molecule has 29 heavy (non-hydrogen) atoms. The number of hydrogen-bond acceptors (Lipinski definition) is 4. The molecule has 0 aromatic heterocycles.